The van der Waals surface area contributed by atoms with Crippen LogP contribution >= 0.6 is 11.6 Å². The van der Waals surface area contributed by atoms with Crippen molar-refractivity contribution in [1.29, 1.82) is 0 Å². The number of fused-ring (bicyclic) bond motifs is 1. The molecule has 4 rings (SSSR count). The van der Waals surface area contributed by atoms with Crippen molar-refractivity contribution in [3.8, 4) is 17.2 Å². The molecule has 7 nitrogen and oxygen atoms in total. The molecule has 0 spiro atoms. The van der Waals surface area contributed by atoms with Crippen LogP contribution in [0.3, 0.4) is 0 Å². The van der Waals surface area contributed by atoms with E-state index < -0.39 is 5.91 Å². The Kier molecular flexibility index (Phi) is 7.67. The lowest BCUT2D eigenvalue weighted by atomic mass is 10.0. The Bertz CT molecular complexity index is 1200. The lowest BCUT2D eigenvalue weighted by molar-refractivity contribution is 0.0955. The molecule has 0 unspecified atom stereocenters. The van der Waals surface area contributed by atoms with E-state index in [0.717, 1.165) is 26.1 Å². The van der Waals surface area contributed by atoms with Gasteiger partial charge in [0.25, 0.3) is 5.91 Å². The molecule has 0 aliphatic carbocycles. The fourth-order valence-electron chi connectivity index (χ4n) is 3.80. The van der Waals surface area contributed by atoms with Crippen molar-refractivity contribution in [2.75, 3.05) is 26.8 Å². The maximum absolute atomic E-state index is 12.2. The number of benzene rings is 3. The van der Waals surface area contributed by atoms with Crippen LogP contribution in [0.2, 0.25) is 5.02 Å². The molecule has 34 heavy (non-hydrogen) atoms. The van der Waals surface area contributed by atoms with Gasteiger partial charge in [-0.05, 0) is 47.9 Å². The van der Waals surface area contributed by atoms with Gasteiger partial charge in [0.05, 0.1) is 18.3 Å². The number of phenolic OH excluding ortho intramolecular Hbond substituents is 1. The number of hydrogen-bond acceptors (Lipinski definition) is 6. The van der Waals surface area contributed by atoms with Crippen molar-refractivity contribution in [2.45, 2.75) is 13.0 Å². The third kappa shape index (κ3) is 5.87. The highest BCUT2D eigenvalue weighted by molar-refractivity contribution is 6.32. The number of aromatic hydroxyl groups is 1. The molecule has 0 atom stereocenters. The summed E-state index contributed by atoms with van der Waals surface area (Å²) in [6.45, 7) is 3.39. The second-order valence-corrected chi connectivity index (χ2v) is 8.32. The number of methoxy groups -OCH3 is 1. The van der Waals surface area contributed by atoms with E-state index in [-0.39, 0.29) is 16.3 Å². The van der Waals surface area contributed by atoms with E-state index in [4.69, 9.17) is 21.1 Å². The van der Waals surface area contributed by atoms with Crippen LogP contribution in [0.25, 0.3) is 0 Å². The molecule has 2 N–H and O–H groups in total. The number of rotatable bonds is 8. The molecule has 176 valence electrons. The summed E-state index contributed by atoms with van der Waals surface area (Å²) in [5.74, 6) is 0.747. The SMILES string of the molecule is COc1cc(OCCN2CCc3ccccc3C2)ccc1/C=N/NC(=O)c1ccc(O)c(Cl)c1. The Morgan fingerprint density at radius 1 is 1.18 bits per heavy atom. The maximum atomic E-state index is 12.2. The third-order valence-corrected chi connectivity index (χ3v) is 5.97. The zero-order chi connectivity index (χ0) is 23.9. The number of hydrazone groups is 1. The van der Waals surface area contributed by atoms with Crippen molar-refractivity contribution in [2.24, 2.45) is 5.10 Å². The Morgan fingerprint density at radius 3 is 2.79 bits per heavy atom. The number of ether oxygens (including phenoxy) is 2. The highest BCUT2D eigenvalue weighted by Gasteiger charge is 2.15. The number of halogens is 1. The summed E-state index contributed by atoms with van der Waals surface area (Å²) >= 11 is 5.84. The maximum Gasteiger partial charge on any atom is 0.271 e. The first-order valence-electron chi connectivity index (χ1n) is 11.0. The highest BCUT2D eigenvalue weighted by Crippen LogP contribution is 2.25. The molecule has 0 aromatic heterocycles. The Morgan fingerprint density at radius 2 is 2.00 bits per heavy atom. The highest BCUT2D eigenvalue weighted by atomic mass is 35.5. The first-order valence-corrected chi connectivity index (χ1v) is 11.3. The minimum Gasteiger partial charge on any atom is -0.506 e. The summed E-state index contributed by atoms with van der Waals surface area (Å²) in [4.78, 5) is 14.6. The fourth-order valence-corrected chi connectivity index (χ4v) is 3.98. The normalized spacial score (nSPS) is 13.5. The first kappa shape index (κ1) is 23.6. The number of carbonyl (C=O) groups is 1. The molecule has 1 amide bonds. The van der Waals surface area contributed by atoms with E-state index in [0.29, 0.717) is 23.7 Å². The van der Waals surface area contributed by atoms with Crippen LogP contribution in [0.5, 0.6) is 17.2 Å². The Labute approximate surface area is 203 Å². The van der Waals surface area contributed by atoms with Gasteiger partial charge < -0.3 is 14.6 Å². The number of amides is 1. The molecular formula is C26H26ClN3O4. The Hall–Kier alpha value is -3.55. The number of carbonyl (C=O) groups excluding carboxylic acids is 1. The topological polar surface area (TPSA) is 83.4 Å². The summed E-state index contributed by atoms with van der Waals surface area (Å²) in [6, 6.07) is 18.2. The fraction of sp³-hybridized carbons (Fsp3) is 0.231. The summed E-state index contributed by atoms with van der Waals surface area (Å²) in [6.07, 6.45) is 2.56. The van der Waals surface area contributed by atoms with Crippen molar-refractivity contribution in [3.05, 3.63) is 87.9 Å². The van der Waals surface area contributed by atoms with Gasteiger partial charge in [-0.3, -0.25) is 9.69 Å². The second-order valence-electron chi connectivity index (χ2n) is 7.91. The number of hydrogen-bond donors (Lipinski definition) is 2. The lowest BCUT2D eigenvalue weighted by Gasteiger charge is -2.28. The number of nitrogens with zero attached hydrogens (tertiary/aromatic N) is 2. The smallest absolute Gasteiger partial charge is 0.271 e. The van der Waals surface area contributed by atoms with E-state index in [1.54, 1.807) is 13.2 Å². The summed E-state index contributed by atoms with van der Waals surface area (Å²) < 4.78 is 11.4. The van der Waals surface area contributed by atoms with Gasteiger partial charge in [0.1, 0.15) is 23.9 Å². The summed E-state index contributed by atoms with van der Waals surface area (Å²) in [5, 5.41) is 13.6. The lowest BCUT2D eigenvalue weighted by Crippen LogP contribution is -2.33. The molecule has 3 aromatic carbocycles. The molecule has 0 radical (unpaired) electrons. The van der Waals surface area contributed by atoms with Gasteiger partial charge in [-0.2, -0.15) is 5.10 Å². The summed E-state index contributed by atoms with van der Waals surface area (Å²) in [5.41, 5.74) is 6.23. The van der Waals surface area contributed by atoms with Crippen molar-refractivity contribution in [3.63, 3.8) is 0 Å². The predicted octanol–water partition coefficient (Wildman–Crippen LogP) is 4.26. The average Bonchev–Trinajstić information content (AvgIpc) is 2.86. The van der Waals surface area contributed by atoms with Crippen LogP contribution in [0.15, 0.2) is 65.8 Å². The molecule has 0 saturated carbocycles. The molecule has 3 aromatic rings. The van der Waals surface area contributed by atoms with E-state index in [9.17, 15) is 9.90 Å². The van der Waals surface area contributed by atoms with Crippen LogP contribution < -0.4 is 14.9 Å². The molecule has 8 heteroatoms. The van der Waals surface area contributed by atoms with E-state index in [1.807, 2.05) is 12.1 Å². The average molecular weight is 480 g/mol. The molecule has 0 bridgehead atoms. The molecule has 0 fully saturated rings. The largest absolute Gasteiger partial charge is 0.506 e. The molecule has 1 aliphatic rings. The minimum absolute atomic E-state index is 0.0879. The van der Waals surface area contributed by atoms with Crippen LogP contribution in [0, 0.1) is 0 Å². The van der Waals surface area contributed by atoms with Gasteiger partial charge in [0, 0.05) is 36.8 Å². The van der Waals surface area contributed by atoms with Crippen LogP contribution in [0.1, 0.15) is 27.0 Å². The third-order valence-electron chi connectivity index (χ3n) is 5.67. The van der Waals surface area contributed by atoms with Crippen molar-refractivity contribution < 1.29 is 19.4 Å². The van der Waals surface area contributed by atoms with E-state index >= 15 is 0 Å². The summed E-state index contributed by atoms with van der Waals surface area (Å²) in [7, 11) is 1.57. The zero-order valence-electron chi connectivity index (χ0n) is 18.8. The molecule has 0 saturated heterocycles. The monoisotopic (exact) mass is 479 g/mol. The quantitative estimate of drug-likeness (QED) is 0.372. The van der Waals surface area contributed by atoms with Gasteiger partial charge >= 0.3 is 0 Å². The number of phenols is 1. The van der Waals surface area contributed by atoms with Gasteiger partial charge in [-0.25, -0.2) is 5.43 Å². The van der Waals surface area contributed by atoms with Gasteiger partial charge in [0.2, 0.25) is 0 Å². The Balaban J connectivity index is 1.30. The van der Waals surface area contributed by atoms with Gasteiger partial charge in [-0.15, -0.1) is 0 Å². The molecular weight excluding hydrogens is 454 g/mol. The second kappa shape index (κ2) is 11.0. The predicted molar refractivity (Wildman–Crippen MR) is 132 cm³/mol. The zero-order valence-corrected chi connectivity index (χ0v) is 19.6. The van der Waals surface area contributed by atoms with Crippen LogP contribution in [-0.4, -0.2) is 48.9 Å². The van der Waals surface area contributed by atoms with E-state index in [1.165, 1.54) is 35.5 Å². The van der Waals surface area contributed by atoms with Gasteiger partial charge in [0.15, 0.2) is 0 Å². The number of nitrogens with one attached hydrogen (secondary N) is 1. The first-order chi connectivity index (χ1) is 16.5. The van der Waals surface area contributed by atoms with Crippen molar-refractivity contribution >= 4 is 23.7 Å². The van der Waals surface area contributed by atoms with Crippen LogP contribution in [-0.2, 0) is 13.0 Å². The molecule has 1 aliphatic heterocycles. The van der Waals surface area contributed by atoms with Crippen LogP contribution in [0.4, 0.5) is 0 Å². The van der Waals surface area contributed by atoms with E-state index in [2.05, 4.69) is 39.7 Å². The van der Waals surface area contributed by atoms with Crippen molar-refractivity contribution in [1.82, 2.24) is 10.3 Å². The minimum atomic E-state index is -0.447. The molecule has 1 heterocycles. The standard InChI is InChI=1S/C26H26ClN3O4/c1-33-25-15-22(34-13-12-30-11-10-18-4-2-3-5-21(18)17-30)8-6-20(25)16-28-29-26(32)19-7-9-24(31)23(27)14-19/h2-9,14-16,31H,10-13,17H2,1H3,(H,29,32)/b28-16+. The van der Waals surface area contributed by atoms with Gasteiger partial charge in [-0.1, -0.05) is 35.9 Å².